The molecule has 1 N–H and O–H groups in total. The molecule has 0 spiro atoms. The summed E-state index contributed by atoms with van der Waals surface area (Å²) in [6, 6.07) is 0. The van der Waals surface area contributed by atoms with Gasteiger partial charge in [-0.2, -0.15) is 0 Å². The Morgan fingerprint density at radius 1 is 1.44 bits per heavy atom. The first-order valence-corrected chi connectivity index (χ1v) is 5.19. The minimum atomic E-state index is -1.02. The molecule has 0 rings (SSSR count). The van der Waals surface area contributed by atoms with Crippen LogP contribution in [0.4, 0.5) is 0 Å². The minimum absolute atomic E-state index is 0.249. The van der Waals surface area contributed by atoms with E-state index in [0.717, 1.165) is 6.42 Å². The lowest BCUT2D eigenvalue weighted by molar-refractivity contribution is -0.143. The molecule has 0 saturated carbocycles. The normalized spacial score (nSPS) is 11.3. The van der Waals surface area contributed by atoms with Crippen molar-refractivity contribution in [3.63, 3.8) is 0 Å². The number of amides is 1. The van der Waals surface area contributed by atoms with Gasteiger partial charge in [-0.1, -0.05) is 13.0 Å². The predicted octanol–water partition coefficient (Wildman–Crippen LogP) is 0.902. The van der Waals surface area contributed by atoms with Gasteiger partial charge in [0.25, 0.3) is 0 Å². The summed E-state index contributed by atoms with van der Waals surface area (Å²) in [5, 5.41) is 8.69. The molecule has 16 heavy (non-hydrogen) atoms. The highest BCUT2D eigenvalue weighted by molar-refractivity contribution is 5.94. The molecule has 0 atom stereocenters. The Morgan fingerprint density at radius 3 is 2.50 bits per heavy atom. The number of carboxylic acids is 1. The van der Waals surface area contributed by atoms with E-state index in [-0.39, 0.29) is 19.0 Å². The SMILES string of the molecule is CCC=C(C)C(=O)N(CCOC)CC(=O)O. The average molecular weight is 229 g/mol. The van der Waals surface area contributed by atoms with Gasteiger partial charge >= 0.3 is 5.97 Å². The van der Waals surface area contributed by atoms with E-state index < -0.39 is 5.97 Å². The highest BCUT2D eigenvalue weighted by Crippen LogP contribution is 2.02. The third-order valence-corrected chi connectivity index (χ3v) is 2.03. The summed E-state index contributed by atoms with van der Waals surface area (Å²) in [5.41, 5.74) is 0.569. The van der Waals surface area contributed by atoms with Crippen molar-refractivity contribution in [3.05, 3.63) is 11.6 Å². The quantitative estimate of drug-likeness (QED) is 0.659. The summed E-state index contributed by atoms with van der Waals surface area (Å²) in [4.78, 5) is 23.7. The fraction of sp³-hybridized carbons (Fsp3) is 0.636. The number of allylic oxidation sites excluding steroid dienone is 1. The highest BCUT2D eigenvalue weighted by atomic mass is 16.5. The summed E-state index contributed by atoms with van der Waals surface area (Å²) in [5.74, 6) is -1.27. The van der Waals surface area contributed by atoms with E-state index >= 15 is 0 Å². The lowest BCUT2D eigenvalue weighted by Gasteiger charge is -2.20. The van der Waals surface area contributed by atoms with Crippen molar-refractivity contribution in [1.82, 2.24) is 4.90 Å². The van der Waals surface area contributed by atoms with Crippen molar-refractivity contribution in [2.75, 3.05) is 26.8 Å². The zero-order valence-corrected chi connectivity index (χ0v) is 10.0. The summed E-state index contributed by atoms with van der Waals surface area (Å²) < 4.78 is 4.84. The molecule has 5 nitrogen and oxygen atoms in total. The number of aliphatic carboxylic acids is 1. The first kappa shape index (κ1) is 14.6. The average Bonchev–Trinajstić information content (AvgIpc) is 2.23. The number of hydrogen-bond acceptors (Lipinski definition) is 3. The van der Waals surface area contributed by atoms with Crippen LogP contribution in [0.15, 0.2) is 11.6 Å². The Labute approximate surface area is 95.7 Å². The van der Waals surface area contributed by atoms with Crippen molar-refractivity contribution in [2.45, 2.75) is 20.3 Å². The van der Waals surface area contributed by atoms with Gasteiger partial charge in [0.2, 0.25) is 5.91 Å². The Hall–Kier alpha value is -1.36. The Kier molecular flexibility index (Phi) is 7.20. The lowest BCUT2D eigenvalue weighted by atomic mass is 10.2. The van der Waals surface area contributed by atoms with Crippen LogP contribution in [0, 0.1) is 0 Å². The smallest absolute Gasteiger partial charge is 0.323 e. The number of nitrogens with zero attached hydrogens (tertiary/aromatic N) is 1. The standard InChI is InChI=1S/C11H19NO4/c1-4-5-9(2)11(15)12(6-7-16-3)8-10(13)14/h5H,4,6-8H2,1-3H3,(H,13,14). The molecule has 5 heteroatoms. The van der Waals surface area contributed by atoms with Crippen LogP contribution in [0.3, 0.4) is 0 Å². The summed E-state index contributed by atoms with van der Waals surface area (Å²) in [7, 11) is 1.51. The van der Waals surface area contributed by atoms with Gasteiger partial charge in [0.05, 0.1) is 6.61 Å². The Balaban J connectivity index is 4.54. The third-order valence-electron chi connectivity index (χ3n) is 2.03. The third kappa shape index (κ3) is 5.50. The molecule has 0 aliphatic heterocycles. The molecule has 0 aliphatic rings. The fourth-order valence-electron chi connectivity index (χ4n) is 1.26. The second-order valence-electron chi connectivity index (χ2n) is 3.41. The molecule has 0 unspecified atom stereocenters. The Morgan fingerprint density at radius 2 is 2.06 bits per heavy atom. The van der Waals surface area contributed by atoms with E-state index in [2.05, 4.69) is 0 Å². The van der Waals surface area contributed by atoms with Crippen LogP contribution in [0.25, 0.3) is 0 Å². The molecule has 0 saturated heterocycles. The van der Waals surface area contributed by atoms with E-state index in [1.807, 2.05) is 6.92 Å². The molecule has 0 aromatic heterocycles. The van der Waals surface area contributed by atoms with Gasteiger partial charge in [-0.15, -0.1) is 0 Å². The topological polar surface area (TPSA) is 66.8 Å². The minimum Gasteiger partial charge on any atom is -0.480 e. The number of carboxylic acid groups (broad SMARTS) is 1. The highest BCUT2D eigenvalue weighted by Gasteiger charge is 2.17. The van der Waals surface area contributed by atoms with Crippen molar-refractivity contribution in [3.8, 4) is 0 Å². The second kappa shape index (κ2) is 7.87. The first-order chi connectivity index (χ1) is 7.52. The maximum atomic E-state index is 11.8. The molecule has 0 bridgehead atoms. The number of carbonyl (C=O) groups excluding carboxylic acids is 1. The summed E-state index contributed by atoms with van der Waals surface area (Å²) in [6.07, 6.45) is 2.53. The molecular formula is C11H19NO4. The maximum absolute atomic E-state index is 11.8. The lowest BCUT2D eigenvalue weighted by Crippen LogP contribution is -2.38. The van der Waals surface area contributed by atoms with Crippen LogP contribution in [-0.4, -0.2) is 48.7 Å². The van der Waals surface area contributed by atoms with E-state index in [9.17, 15) is 9.59 Å². The van der Waals surface area contributed by atoms with Gasteiger partial charge in [0, 0.05) is 19.2 Å². The molecular weight excluding hydrogens is 210 g/mol. The maximum Gasteiger partial charge on any atom is 0.323 e. The van der Waals surface area contributed by atoms with Gasteiger partial charge in [-0.05, 0) is 13.3 Å². The van der Waals surface area contributed by atoms with Crippen LogP contribution < -0.4 is 0 Å². The van der Waals surface area contributed by atoms with E-state index in [1.54, 1.807) is 13.0 Å². The van der Waals surface area contributed by atoms with Gasteiger partial charge < -0.3 is 14.7 Å². The monoisotopic (exact) mass is 229 g/mol. The van der Waals surface area contributed by atoms with Crippen LogP contribution in [0.5, 0.6) is 0 Å². The van der Waals surface area contributed by atoms with Gasteiger partial charge in [-0.25, -0.2) is 0 Å². The predicted molar refractivity (Wildman–Crippen MR) is 60.1 cm³/mol. The number of methoxy groups -OCH3 is 1. The van der Waals surface area contributed by atoms with E-state index in [0.29, 0.717) is 12.2 Å². The van der Waals surface area contributed by atoms with Crippen LogP contribution in [0.1, 0.15) is 20.3 Å². The van der Waals surface area contributed by atoms with Crippen molar-refractivity contribution >= 4 is 11.9 Å². The van der Waals surface area contributed by atoms with Crippen LogP contribution in [-0.2, 0) is 14.3 Å². The molecule has 92 valence electrons. The van der Waals surface area contributed by atoms with Crippen LogP contribution >= 0.6 is 0 Å². The van der Waals surface area contributed by atoms with Gasteiger partial charge in [0.1, 0.15) is 6.54 Å². The number of hydrogen-bond donors (Lipinski definition) is 1. The Bertz CT molecular complexity index is 273. The number of carbonyl (C=O) groups is 2. The zero-order chi connectivity index (χ0) is 12.6. The van der Waals surface area contributed by atoms with Crippen molar-refractivity contribution in [1.29, 1.82) is 0 Å². The number of rotatable bonds is 7. The molecule has 0 aromatic carbocycles. The largest absolute Gasteiger partial charge is 0.480 e. The zero-order valence-electron chi connectivity index (χ0n) is 10.0. The number of ether oxygens (including phenoxy) is 1. The fourth-order valence-corrected chi connectivity index (χ4v) is 1.26. The van der Waals surface area contributed by atoms with Gasteiger partial charge in [0.15, 0.2) is 0 Å². The first-order valence-electron chi connectivity index (χ1n) is 5.19. The molecule has 0 heterocycles. The van der Waals surface area contributed by atoms with E-state index in [4.69, 9.17) is 9.84 Å². The molecule has 0 aliphatic carbocycles. The molecule has 0 aromatic rings. The second-order valence-corrected chi connectivity index (χ2v) is 3.41. The summed E-state index contributed by atoms with van der Waals surface area (Å²) in [6.45, 7) is 3.94. The summed E-state index contributed by atoms with van der Waals surface area (Å²) >= 11 is 0. The van der Waals surface area contributed by atoms with E-state index in [1.165, 1.54) is 12.0 Å². The van der Waals surface area contributed by atoms with Crippen LogP contribution in [0.2, 0.25) is 0 Å². The van der Waals surface area contributed by atoms with Gasteiger partial charge in [-0.3, -0.25) is 9.59 Å². The van der Waals surface area contributed by atoms with Crippen molar-refractivity contribution < 1.29 is 19.4 Å². The molecule has 0 fully saturated rings. The molecule has 0 radical (unpaired) electrons. The molecule has 1 amide bonds. The van der Waals surface area contributed by atoms with Crippen molar-refractivity contribution in [2.24, 2.45) is 0 Å².